The SMILES string of the molecule is CCCN(CCCCCCNCCc1ccc(S(C)(=O)=O)cc1)[C@@H]1CCc2cc(OC)c(NS(C)(=O)=O)cc2C1. The minimum atomic E-state index is -3.38. The molecule has 0 fully saturated rings. The smallest absolute Gasteiger partial charge is 0.229 e. The first-order chi connectivity index (χ1) is 19.0. The van der Waals surface area contributed by atoms with E-state index in [2.05, 4.69) is 21.9 Å². The van der Waals surface area contributed by atoms with Crippen molar-refractivity contribution in [1.82, 2.24) is 10.2 Å². The van der Waals surface area contributed by atoms with E-state index in [4.69, 9.17) is 4.74 Å². The summed E-state index contributed by atoms with van der Waals surface area (Å²) in [5, 5.41) is 3.51. The molecule has 0 saturated heterocycles. The van der Waals surface area contributed by atoms with Crippen molar-refractivity contribution < 1.29 is 21.6 Å². The van der Waals surface area contributed by atoms with Crippen molar-refractivity contribution in [3.63, 3.8) is 0 Å². The second-order valence-corrected chi connectivity index (χ2v) is 14.7. The van der Waals surface area contributed by atoms with Crippen molar-refractivity contribution in [3.8, 4) is 5.75 Å². The summed E-state index contributed by atoms with van der Waals surface area (Å²) >= 11 is 0. The minimum Gasteiger partial charge on any atom is -0.495 e. The highest BCUT2D eigenvalue weighted by Gasteiger charge is 2.25. The summed E-state index contributed by atoms with van der Waals surface area (Å²) in [5.74, 6) is 0.575. The van der Waals surface area contributed by atoms with E-state index < -0.39 is 19.9 Å². The van der Waals surface area contributed by atoms with Crippen LogP contribution in [0, 0.1) is 0 Å². The largest absolute Gasteiger partial charge is 0.495 e. The van der Waals surface area contributed by atoms with Crippen LogP contribution in [0.1, 0.15) is 62.1 Å². The van der Waals surface area contributed by atoms with Crippen molar-refractivity contribution in [1.29, 1.82) is 0 Å². The average molecular weight is 594 g/mol. The third kappa shape index (κ3) is 10.4. The number of sulfonamides is 1. The lowest BCUT2D eigenvalue weighted by Gasteiger charge is -2.35. The zero-order valence-electron chi connectivity index (χ0n) is 24.5. The van der Waals surface area contributed by atoms with Gasteiger partial charge in [0.2, 0.25) is 10.0 Å². The average Bonchev–Trinajstić information content (AvgIpc) is 2.89. The van der Waals surface area contributed by atoms with Gasteiger partial charge in [0.1, 0.15) is 5.75 Å². The number of benzene rings is 2. The normalized spacial score (nSPS) is 15.7. The first-order valence-electron chi connectivity index (χ1n) is 14.4. The molecule has 1 aliphatic rings. The highest BCUT2D eigenvalue weighted by Crippen LogP contribution is 2.34. The number of methoxy groups -OCH3 is 1. The van der Waals surface area contributed by atoms with E-state index in [1.54, 1.807) is 19.2 Å². The Kier molecular flexibility index (Phi) is 12.3. The van der Waals surface area contributed by atoms with Gasteiger partial charge in [-0.1, -0.05) is 31.9 Å². The molecule has 10 heteroatoms. The molecule has 2 aromatic rings. The molecule has 0 saturated carbocycles. The van der Waals surface area contributed by atoms with Crippen LogP contribution in [0.15, 0.2) is 41.3 Å². The van der Waals surface area contributed by atoms with Gasteiger partial charge in [0.05, 0.1) is 23.9 Å². The monoisotopic (exact) mass is 593 g/mol. The van der Waals surface area contributed by atoms with Crippen LogP contribution in [0.3, 0.4) is 0 Å². The standard InChI is InChI=1S/C30H47N3O5S2/c1-5-19-33(27-13-12-25-23-30(38-2)29(22-26(25)21-27)32-40(4,36)37)20-9-7-6-8-17-31-18-16-24-10-14-28(15-11-24)39(3,34)35/h10-11,14-15,22-23,27,31-32H,5-9,12-13,16-21H2,1-4H3/t27-/m1/s1. The molecule has 3 rings (SSSR count). The van der Waals surface area contributed by atoms with Crippen LogP contribution in [0.2, 0.25) is 0 Å². The molecule has 2 N–H and O–H groups in total. The van der Waals surface area contributed by atoms with E-state index in [1.807, 2.05) is 24.3 Å². The lowest BCUT2D eigenvalue weighted by molar-refractivity contribution is 0.176. The Labute approximate surface area is 241 Å². The number of nitrogens with one attached hydrogen (secondary N) is 2. The summed E-state index contributed by atoms with van der Waals surface area (Å²) in [6.07, 6.45) is 12.1. The summed E-state index contributed by atoms with van der Waals surface area (Å²) in [6, 6.07) is 11.6. The Balaban J connectivity index is 1.38. The molecule has 0 spiro atoms. The fourth-order valence-corrected chi connectivity index (χ4v) is 6.66. The zero-order chi connectivity index (χ0) is 29.2. The third-order valence-electron chi connectivity index (χ3n) is 7.54. The maximum absolute atomic E-state index is 11.8. The first kappa shape index (κ1) is 32.4. The predicted octanol–water partition coefficient (Wildman–Crippen LogP) is 4.43. The van der Waals surface area contributed by atoms with Gasteiger partial charge in [-0.15, -0.1) is 0 Å². The van der Waals surface area contributed by atoms with Gasteiger partial charge in [-0.2, -0.15) is 0 Å². The molecule has 0 unspecified atom stereocenters. The highest BCUT2D eigenvalue weighted by molar-refractivity contribution is 7.92. The van der Waals surface area contributed by atoms with Gasteiger partial charge in [-0.05, 0) is 112 Å². The number of fused-ring (bicyclic) bond motifs is 1. The number of unbranched alkanes of at least 4 members (excludes halogenated alkanes) is 3. The summed E-state index contributed by atoms with van der Waals surface area (Å²) in [4.78, 5) is 3.00. The number of ether oxygens (including phenoxy) is 1. The maximum atomic E-state index is 11.8. The van der Waals surface area contributed by atoms with Gasteiger partial charge < -0.3 is 15.0 Å². The number of nitrogens with zero attached hydrogens (tertiary/aromatic N) is 1. The summed E-state index contributed by atoms with van der Waals surface area (Å²) in [6.45, 7) is 6.28. The summed E-state index contributed by atoms with van der Waals surface area (Å²) < 4.78 is 54.9. The van der Waals surface area contributed by atoms with Crippen molar-refractivity contribution in [2.24, 2.45) is 0 Å². The fourth-order valence-electron chi connectivity index (χ4n) is 5.47. The Hall–Kier alpha value is -2.14. The van der Waals surface area contributed by atoms with Crippen molar-refractivity contribution in [3.05, 3.63) is 53.1 Å². The maximum Gasteiger partial charge on any atom is 0.229 e. The fraction of sp³-hybridized carbons (Fsp3) is 0.600. The van der Waals surface area contributed by atoms with Crippen molar-refractivity contribution in [2.75, 3.05) is 50.5 Å². The molecule has 1 atom stereocenters. The minimum absolute atomic E-state index is 0.367. The summed E-state index contributed by atoms with van der Waals surface area (Å²) in [7, 11) is -4.95. The quantitative estimate of drug-likeness (QED) is 0.262. The van der Waals surface area contributed by atoms with E-state index in [0.29, 0.717) is 22.4 Å². The third-order valence-corrected chi connectivity index (χ3v) is 9.26. The van der Waals surface area contributed by atoms with Crippen molar-refractivity contribution in [2.45, 2.75) is 75.6 Å². The van der Waals surface area contributed by atoms with Gasteiger partial charge in [-0.25, -0.2) is 16.8 Å². The van der Waals surface area contributed by atoms with E-state index in [1.165, 1.54) is 36.6 Å². The molecule has 0 radical (unpaired) electrons. The molecule has 0 amide bonds. The summed E-state index contributed by atoms with van der Waals surface area (Å²) in [5.41, 5.74) is 4.12. The number of rotatable bonds is 17. The predicted molar refractivity (Wildman–Crippen MR) is 164 cm³/mol. The molecule has 0 aliphatic heterocycles. The van der Waals surface area contributed by atoms with Crippen LogP contribution >= 0.6 is 0 Å². The first-order valence-corrected chi connectivity index (χ1v) is 18.2. The lowest BCUT2D eigenvalue weighted by Crippen LogP contribution is -2.40. The molecular formula is C30H47N3O5S2. The molecule has 8 nitrogen and oxygen atoms in total. The van der Waals surface area contributed by atoms with Crippen molar-refractivity contribution >= 4 is 25.5 Å². The highest BCUT2D eigenvalue weighted by atomic mass is 32.2. The molecule has 0 bridgehead atoms. The molecule has 0 heterocycles. The van der Waals surface area contributed by atoms with Gasteiger partial charge in [0.15, 0.2) is 9.84 Å². The Morgan fingerprint density at radius 1 is 0.925 bits per heavy atom. The van der Waals surface area contributed by atoms with Crippen LogP contribution in [-0.4, -0.2) is 73.6 Å². The van der Waals surface area contributed by atoms with E-state index in [-0.39, 0.29) is 0 Å². The van der Waals surface area contributed by atoms with E-state index in [9.17, 15) is 16.8 Å². The Bertz CT molecular complexity index is 1300. The number of anilines is 1. The zero-order valence-corrected chi connectivity index (χ0v) is 26.2. The molecule has 2 aromatic carbocycles. The number of hydrogen-bond acceptors (Lipinski definition) is 7. The number of hydrogen-bond donors (Lipinski definition) is 2. The van der Waals surface area contributed by atoms with Gasteiger partial charge >= 0.3 is 0 Å². The Morgan fingerprint density at radius 2 is 1.65 bits per heavy atom. The van der Waals surface area contributed by atoms with Crippen LogP contribution in [0.5, 0.6) is 5.75 Å². The van der Waals surface area contributed by atoms with Gasteiger partial charge in [0, 0.05) is 12.3 Å². The van der Waals surface area contributed by atoms with Crippen LogP contribution in [0.4, 0.5) is 5.69 Å². The molecule has 1 aliphatic carbocycles. The van der Waals surface area contributed by atoms with Gasteiger partial charge in [-0.3, -0.25) is 4.72 Å². The van der Waals surface area contributed by atoms with Crippen LogP contribution in [0.25, 0.3) is 0 Å². The van der Waals surface area contributed by atoms with E-state index in [0.717, 1.165) is 76.5 Å². The van der Waals surface area contributed by atoms with Crippen LogP contribution in [-0.2, 0) is 39.1 Å². The Morgan fingerprint density at radius 3 is 2.30 bits per heavy atom. The second kappa shape index (κ2) is 15.2. The van der Waals surface area contributed by atoms with Crippen LogP contribution < -0.4 is 14.8 Å². The van der Waals surface area contributed by atoms with E-state index >= 15 is 0 Å². The second-order valence-electron chi connectivity index (χ2n) is 11.0. The topological polar surface area (TPSA) is 105 Å². The molecule has 224 valence electrons. The molecule has 0 aromatic heterocycles. The molecule has 40 heavy (non-hydrogen) atoms. The lowest BCUT2D eigenvalue weighted by atomic mass is 9.86. The number of sulfone groups is 1. The number of aryl methyl sites for hydroxylation is 1. The van der Waals surface area contributed by atoms with Gasteiger partial charge in [0.25, 0.3) is 0 Å². The molecular weight excluding hydrogens is 546 g/mol.